The average Bonchev–Trinajstić information content (AvgIpc) is 2.35. The van der Waals surface area contributed by atoms with Gasteiger partial charge in [-0.3, -0.25) is 9.52 Å². The minimum Gasteiger partial charge on any atom is -0.326 e. The third-order valence-electron chi connectivity index (χ3n) is 3.41. The highest BCUT2D eigenvalue weighted by Crippen LogP contribution is 2.29. The molecule has 0 bridgehead atoms. The van der Waals surface area contributed by atoms with Crippen molar-refractivity contribution in [1.29, 1.82) is 0 Å². The second kappa shape index (κ2) is 7.08. The molecular weight excluding hydrogens is 256 g/mol. The molecule has 4 heteroatoms. The van der Waals surface area contributed by atoms with Crippen LogP contribution < -0.4 is 10.5 Å². The maximum atomic E-state index is 11.8. The summed E-state index contributed by atoms with van der Waals surface area (Å²) in [5.41, 5.74) is 8.01. The molecule has 3 N–H and O–H groups in total. The molecule has 0 aromatic heterocycles. The van der Waals surface area contributed by atoms with Crippen molar-refractivity contribution >= 4 is 17.7 Å². The van der Waals surface area contributed by atoms with Gasteiger partial charge in [0.1, 0.15) is 5.78 Å². The number of carbonyl (C=O) groups is 1. The van der Waals surface area contributed by atoms with E-state index in [0.29, 0.717) is 6.54 Å². The van der Waals surface area contributed by atoms with Crippen LogP contribution in [0.15, 0.2) is 24.3 Å². The highest BCUT2D eigenvalue weighted by Gasteiger charge is 2.33. The SMILES string of the molecule is CSNC(C(C)=O)C(C)(C)Cc1ccccc1CN. The van der Waals surface area contributed by atoms with Crippen LogP contribution in [-0.4, -0.2) is 18.1 Å². The Labute approximate surface area is 120 Å². The highest BCUT2D eigenvalue weighted by atomic mass is 32.2. The number of benzene rings is 1. The second-order valence-corrected chi connectivity index (χ2v) is 6.15. The van der Waals surface area contributed by atoms with E-state index in [1.165, 1.54) is 17.5 Å². The zero-order valence-electron chi connectivity index (χ0n) is 12.2. The van der Waals surface area contributed by atoms with E-state index < -0.39 is 0 Å². The van der Waals surface area contributed by atoms with Crippen LogP contribution in [-0.2, 0) is 17.8 Å². The Hall–Kier alpha value is -0.840. The molecule has 0 spiro atoms. The Kier molecular flexibility index (Phi) is 6.04. The lowest BCUT2D eigenvalue weighted by molar-refractivity contribution is -0.120. The van der Waals surface area contributed by atoms with Crippen molar-refractivity contribution in [2.24, 2.45) is 11.1 Å². The summed E-state index contributed by atoms with van der Waals surface area (Å²) in [7, 11) is 0. The lowest BCUT2D eigenvalue weighted by atomic mass is 9.77. The van der Waals surface area contributed by atoms with Crippen LogP contribution >= 0.6 is 11.9 Å². The molecule has 0 aliphatic heterocycles. The molecule has 3 nitrogen and oxygen atoms in total. The summed E-state index contributed by atoms with van der Waals surface area (Å²) in [5.74, 6) is 0.171. The predicted octanol–water partition coefficient (Wildman–Crippen LogP) is 2.54. The molecule has 0 aliphatic carbocycles. The fraction of sp³-hybridized carbons (Fsp3) is 0.533. The summed E-state index contributed by atoms with van der Waals surface area (Å²) in [6.07, 6.45) is 2.78. The number of Topliss-reactive ketones (excluding diaryl/α,β-unsaturated/α-hetero) is 1. The first-order valence-electron chi connectivity index (χ1n) is 6.48. The molecule has 19 heavy (non-hydrogen) atoms. The van der Waals surface area contributed by atoms with Gasteiger partial charge in [0.2, 0.25) is 0 Å². The van der Waals surface area contributed by atoms with Crippen molar-refractivity contribution in [2.45, 2.75) is 39.8 Å². The standard InChI is InChI=1S/C15H24N2OS/c1-11(18)14(17-19-4)15(2,3)9-12-7-5-6-8-13(12)10-16/h5-8,14,17H,9-10,16H2,1-4H3. The minimum atomic E-state index is -0.159. The first-order valence-corrected chi connectivity index (χ1v) is 7.70. The maximum Gasteiger partial charge on any atom is 0.148 e. The third kappa shape index (κ3) is 4.34. The van der Waals surface area contributed by atoms with Gasteiger partial charge in [-0.2, -0.15) is 0 Å². The van der Waals surface area contributed by atoms with Crippen LogP contribution in [0.2, 0.25) is 0 Å². The highest BCUT2D eigenvalue weighted by molar-refractivity contribution is 7.96. The van der Waals surface area contributed by atoms with Crippen molar-refractivity contribution in [3.8, 4) is 0 Å². The van der Waals surface area contributed by atoms with E-state index in [1.54, 1.807) is 6.92 Å². The number of ketones is 1. The van der Waals surface area contributed by atoms with E-state index in [1.807, 2.05) is 18.4 Å². The van der Waals surface area contributed by atoms with Gasteiger partial charge in [-0.1, -0.05) is 50.1 Å². The first-order chi connectivity index (χ1) is 8.92. The van der Waals surface area contributed by atoms with Gasteiger partial charge in [0.05, 0.1) is 6.04 Å². The van der Waals surface area contributed by atoms with Crippen molar-refractivity contribution in [1.82, 2.24) is 4.72 Å². The normalized spacial score (nSPS) is 13.3. The Morgan fingerprint density at radius 1 is 1.37 bits per heavy atom. The Morgan fingerprint density at radius 2 is 1.95 bits per heavy atom. The second-order valence-electron chi connectivity index (χ2n) is 5.50. The summed E-state index contributed by atoms with van der Waals surface area (Å²) in [6, 6.07) is 8.01. The van der Waals surface area contributed by atoms with E-state index in [-0.39, 0.29) is 17.2 Å². The van der Waals surface area contributed by atoms with E-state index in [2.05, 4.69) is 30.7 Å². The maximum absolute atomic E-state index is 11.8. The number of carbonyl (C=O) groups excluding carboxylic acids is 1. The smallest absolute Gasteiger partial charge is 0.148 e. The molecule has 0 saturated carbocycles. The summed E-state index contributed by atoms with van der Waals surface area (Å²) >= 11 is 1.49. The van der Waals surface area contributed by atoms with E-state index in [9.17, 15) is 4.79 Å². The van der Waals surface area contributed by atoms with Gasteiger partial charge in [0.15, 0.2) is 0 Å². The number of nitrogens with two attached hydrogens (primary N) is 1. The summed E-state index contributed by atoms with van der Waals surface area (Å²) in [5, 5.41) is 0. The van der Waals surface area contributed by atoms with Crippen LogP contribution in [0, 0.1) is 5.41 Å². The topological polar surface area (TPSA) is 55.1 Å². The lowest BCUT2D eigenvalue weighted by Crippen LogP contribution is -2.45. The lowest BCUT2D eigenvalue weighted by Gasteiger charge is -2.33. The Balaban J connectivity index is 2.96. The van der Waals surface area contributed by atoms with E-state index >= 15 is 0 Å². The molecule has 0 heterocycles. The van der Waals surface area contributed by atoms with Gasteiger partial charge in [0.25, 0.3) is 0 Å². The third-order valence-corrected chi connectivity index (χ3v) is 3.88. The molecule has 1 unspecified atom stereocenters. The Bertz CT molecular complexity index is 432. The molecule has 0 radical (unpaired) electrons. The minimum absolute atomic E-state index is 0.153. The molecule has 106 valence electrons. The number of hydrogen-bond donors (Lipinski definition) is 2. The van der Waals surface area contributed by atoms with Gasteiger partial charge in [-0.25, -0.2) is 0 Å². The molecular formula is C15H24N2OS. The Morgan fingerprint density at radius 3 is 2.42 bits per heavy atom. The summed E-state index contributed by atoms with van der Waals surface area (Å²) in [4.78, 5) is 11.8. The fourth-order valence-electron chi connectivity index (χ4n) is 2.43. The van der Waals surface area contributed by atoms with Crippen LogP contribution in [0.1, 0.15) is 31.9 Å². The number of rotatable bonds is 7. The monoisotopic (exact) mass is 280 g/mol. The van der Waals surface area contributed by atoms with Crippen molar-refractivity contribution in [3.63, 3.8) is 0 Å². The van der Waals surface area contributed by atoms with Crippen molar-refractivity contribution in [3.05, 3.63) is 35.4 Å². The van der Waals surface area contributed by atoms with Crippen LogP contribution in [0.3, 0.4) is 0 Å². The molecule has 1 rings (SSSR count). The summed E-state index contributed by atoms with van der Waals surface area (Å²) in [6.45, 7) is 6.42. The van der Waals surface area contributed by atoms with Crippen LogP contribution in [0.4, 0.5) is 0 Å². The van der Waals surface area contributed by atoms with E-state index in [4.69, 9.17) is 5.73 Å². The zero-order chi connectivity index (χ0) is 14.5. The van der Waals surface area contributed by atoms with Gasteiger partial charge in [0, 0.05) is 6.54 Å². The molecule has 0 fully saturated rings. The quantitative estimate of drug-likeness (QED) is 0.754. The molecule has 0 saturated heterocycles. The van der Waals surface area contributed by atoms with Crippen LogP contribution in [0.5, 0.6) is 0 Å². The average molecular weight is 280 g/mol. The van der Waals surface area contributed by atoms with Gasteiger partial charge >= 0.3 is 0 Å². The zero-order valence-corrected chi connectivity index (χ0v) is 13.0. The molecule has 1 atom stereocenters. The first kappa shape index (κ1) is 16.2. The van der Waals surface area contributed by atoms with Gasteiger partial charge in [-0.15, -0.1) is 0 Å². The van der Waals surface area contributed by atoms with Crippen molar-refractivity contribution < 1.29 is 4.79 Å². The van der Waals surface area contributed by atoms with Crippen molar-refractivity contribution in [2.75, 3.05) is 6.26 Å². The largest absolute Gasteiger partial charge is 0.326 e. The summed E-state index contributed by atoms with van der Waals surface area (Å²) < 4.78 is 3.22. The number of nitrogens with one attached hydrogen (secondary N) is 1. The molecule has 0 amide bonds. The number of hydrogen-bond acceptors (Lipinski definition) is 4. The van der Waals surface area contributed by atoms with Crippen LogP contribution in [0.25, 0.3) is 0 Å². The van der Waals surface area contributed by atoms with Gasteiger partial charge < -0.3 is 5.73 Å². The molecule has 1 aromatic carbocycles. The van der Waals surface area contributed by atoms with Gasteiger partial charge in [-0.05, 0) is 36.1 Å². The molecule has 0 aliphatic rings. The molecule has 1 aromatic rings. The van der Waals surface area contributed by atoms with E-state index in [0.717, 1.165) is 12.0 Å². The predicted molar refractivity (Wildman–Crippen MR) is 82.9 cm³/mol. The fourth-order valence-corrected chi connectivity index (χ4v) is 3.15.